The predicted octanol–water partition coefficient (Wildman–Crippen LogP) is 4.36. The lowest BCUT2D eigenvalue weighted by atomic mass is 10.1. The molecule has 0 saturated heterocycles. The van der Waals surface area contributed by atoms with Gasteiger partial charge in [-0.2, -0.15) is 4.98 Å². The average molecular weight is 413 g/mol. The summed E-state index contributed by atoms with van der Waals surface area (Å²) in [6.45, 7) is 6.54. The summed E-state index contributed by atoms with van der Waals surface area (Å²) >= 11 is 3.01. The average Bonchev–Trinajstić information content (AvgIpc) is 3.25. The van der Waals surface area contributed by atoms with Gasteiger partial charge in [0.05, 0.1) is 11.1 Å². The fourth-order valence-electron chi connectivity index (χ4n) is 3.02. The number of hydrogen-bond donors (Lipinski definition) is 0. The number of rotatable bonds is 6. The van der Waals surface area contributed by atoms with Gasteiger partial charge in [-0.1, -0.05) is 47.3 Å². The molecule has 3 aromatic heterocycles. The second kappa shape index (κ2) is 7.89. The Kier molecular flexibility index (Phi) is 5.32. The van der Waals surface area contributed by atoms with Crippen molar-refractivity contribution in [2.24, 2.45) is 0 Å². The van der Waals surface area contributed by atoms with E-state index in [1.54, 1.807) is 15.9 Å². The van der Waals surface area contributed by atoms with Crippen LogP contribution in [-0.4, -0.2) is 19.7 Å². The van der Waals surface area contributed by atoms with Gasteiger partial charge in [-0.05, 0) is 31.9 Å². The topological polar surface area (TPSA) is 73.8 Å². The smallest absolute Gasteiger partial charge is 0.263 e. The number of benzene rings is 1. The van der Waals surface area contributed by atoms with Crippen molar-refractivity contribution >= 4 is 33.3 Å². The SMILES string of the molecule is CCn1c(SCc2nc(Cc3ccccc3)no2)nc2sc(C)c(C)c2c1=O. The van der Waals surface area contributed by atoms with Crippen LogP contribution < -0.4 is 5.56 Å². The maximum absolute atomic E-state index is 12.9. The third kappa shape index (κ3) is 3.62. The quantitative estimate of drug-likeness (QED) is 0.346. The van der Waals surface area contributed by atoms with Gasteiger partial charge in [0.25, 0.3) is 5.56 Å². The molecule has 0 fully saturated rings. The molecule has 0 aliphatic carbocycles. The normalized spacial score (nSPS) is 11.4. The number of thiophene rings is 1. The minimum atomic E-state index is 0.0205. The van der Waals surface area contributed by atoms with Crippen molar-refractivity contribution in [2.45, 2.75) is 44.6 Å². The summed E-state index contributed by atoms with van der Waals surface area (Å²) in [5.74, 6) is 1.66. The molecule has 0 aliphatic heterocycles. The lowest BCUT2D eigenvalue weighted by Gasteiger charge is -2.08. The summed E-state index contributed by atoms with van der Waals surface area (Å²) in [6.07, 6.45) is 0.632. The van der Waals surface area contributed by atoms with Crippen molar-refractivity contribution in [2.75, 3.05) is 0 Å². The molecule has 8 heteroatoms. The Labute approximate surface area is 170 Å². The Morgan fingerprint density at radius 2 is 1.96 bits per heavy atom. The molecule has 4 rings (SSSR count). The van der Waals surface area contributed by atoms with Crippen molar-refractivity contribution in [3.8, 4) is 0 Å². The van der Waals surface area contributed by atoms with Gasteiger partial charge in [-0.25, -0.2) is 4.98 Å². The van der Waals surface area contributed by atoms with E-state index in [1.807, 2.05) is 51.1 Å². The second-order valence-corrected chi connectivity index (χ2v) is 8.61. The van der Waals surface area contributed by atoms with Crippen LogP contribution in [0, 0.1) is 13.8 Å². The first-order valence-electron chi connectivity index (χ1n) is 9.05. The van der Waals surface area contributed by atoms with Gasteiger partial charge in [0.15, 0.2) is 11.0 Å². The third-order valence-corrected chi connectivity index (χ3v) is 6.67. The van der Waals surface area contributed by atoms with Crippen LogP contribution in [-0.2, 0) is 18.7 Å². The zero-order valence-electron chi connectivity index (χ0n) is 15.9. The standard InChI is InChI=1S/C20H20N4O2S2/c1-4-24-19(25)17-12(2)13(3)28-18(17)22-20(24)27-11-16-21-15(23-26-16)10-14-8-6-5-7-9-14/h5-9H,4,10-11H2,1-3H3. The minimum Gasteiger partial charge on any atom is -0.338 e. The lowest BCUT2D eigenvalue weighted by molar-refractivity contribution is 0.385. The largest absolute Gasteiger partial charge is 0.338 e. The zero-order chi connectivity index (χ0) is 19.7. The molecular formula is C20H20N4O2S2. The van der Waals surface area contributed by atoms with E-state index in [0.29, 0.717) is 35.6 Å². The van der Waals surface area contributed by atoms with E-state index in [4.69, 9.17) is 9.51 Å². The summed E-state index contributed by atoms with van der Waals surface area (Å²) in [5.41, 5.74) is 2.18. The highest BCUT2D eigenvalue weighted by molar-refractivity contribution is 7.98. The summed E-state index contributed by atoms with van der Waals surface area (Å²) < 4.78 is 7.09. The molecule has 0 radical (unpaired) electrons. The summed E-state index contributed by atoms with van der Waals surface area (Å²) in [7, 11) is 0. The fraction of sp³-hybridized carbons (Fsp3) is 0.300. The maximum Gasteiger partial charge on any atom is 0.263 e. The molecule has 0 unspecified atom stereocenters. The van der Waals surface area contributed by atoms with Gasteiger partial charge < -0.3 is 4.52 Å². The van der Waals surface area contributed by atoms with Crippen molar-refractivity contribution in [3.05, 3.63) is 68.4 Å². The van der Waals surface area contributed by atoms with E-state index in [0.717, 1.165) is 26.2 Å². The molecule has 0 amide bonds. The van der Waals surface area contributed by atoms with E-state index in [1.165, 1.54) is 11.8 Å². The number of thioether (sulfide) groups is 1. The number of aromatic nitrogens is 4. The lowest BCUT2D eigenvalue weighted by Crippen LogP contribution is -2.22. The van der Waals surface area contributed by atoms with Crippen LogP contribution in [0.2, 0.25) is 0 Å². The van der Waals surface area contributed by atoms with Crippen LogP contribution in [0.15, 0.2) is 44.8 Å². The molecule has 1 aromatic carbocycles. The maximum atomic E-state index is 12.9. The molecule has 0 aliphatic rings. The number of aryl methyl sites for hydroxylation is 2. The second-order valence-electron chi connectivity index (χ2n) is 6.46. The Bertz CT molecular complexity index is 1180. The predicted molar refractivity (Wildman–Crippen MR) is 112 cm³/mol. The van der Waals surface area contributed by atoms with Crippen molar-refractivity contribution in [1.82, 2.24) is 19.7 Å². The van der Waals surface area contributed by atoms with Crippen LogP contribution >= 0.6 is 23.1 Å². The molecule has 4 aromatic rings. The first-order chi connectivity index (χ1) is 13.6. The Balaban J connectivity index is 1.55. The van der Waals surface area contributed by atoms with Gasteiger partial charge in [-0.15, -0.1) is 11.3 Å². The molecule has 0 bridgehead atoms. The molecule has 0 spiro atoms. The molecule has 0 atom stereocenters. The summed E-state index contributed by atoms with van der Waals surface area (Å²) in [6, 6.07) is 10.0. The molecule has 28 heavy (non-hydrogen) atoms. The van der Waals surface area contributed by atoms with Crippen LogP contribution in [0.3, 0.4) is 0 Å². The highest BCUT2D eigenvalue weighted by Gasteiger charge is 2.17. The zero-order valence-corrected chi connectivity index (χ0v) is 17.6. The van der Waals surface area contributed by atoms with E-state index in [2.05, 4.69) is 10.1 Å². The first kappa shape index (κ1) is 18.9. The number of nitrogens with zero attached hydrogens (tertiary/aromatic N) is 4. The molecule has 0 saturated carbocycles. The van der Waals surface area contributed by atoms with Crippen LogP contribution in [0.1, 0.15) is 34.6 Å². The summed E-state index contributed by atoms with van der Waals surface area (Å²) in [5, 5.41) is 5.48. The van der Waals surface area contributed by atoms with Crippen molar-refractivity contribution in [1.29, 1.82) is 0 Å². The van der Waals surface area contributed by atoms with Gasteiger partial charge in [-0.3, -0.25) is 9.36 Å². The van der Waals surface area contributed by atoms with Crippen molar-refractivity contribution in [3.63, 3.8) is 0 Å². The Morgan fingerprint density at radius 1 is 1.18 bits per heavy atom. The van der Waals surface area contributed by atoms with Gasteiger partial charge in [0.2, 0.25) is 5.89 Å². The molecule has 144 valence electrons. The van der Waals surface area contributed by atoms with Crippen LogP contribution in [0.25, 0.3) is 10.2 Å². The van der Waals surface area contributed by atoms with E-state index in [9.17, 15) is 4.79 Å². The fourth-order valence-corrected chi connectivity index (χ4v) is 4.99. The van der Waals surface area contributed by atoms with Gasteiger partial charge in [0.1, 0.15) is 4.83 Å². The Hall–Kier alpha value is -2.45. The highest BCUT2D eigenvalue weighted by Crippen LogP contribution is 2.29. The van der Waals surface area contributed by atoms with Gasteiger partial charge in [0, 0.05) is 17.8 Å². The number of hydrogen-bond acceptors (Lipinski definition) is 7. The molecule has 6 nitrogen and oxygen atoms in total. The van der Waals surface area contributed by atoms with Gasteiger partial charge >= 0.3 is 0 Å². The van der Waals surface area contributed by atoms with E-state index in [-0.39, 0.29) is 5.56 Å². The van der Waals surface area contributed by atoms with E-state index >= 15 is 0 Å². The molecular weight excluding hydrogens is 392 g/mol. The van der Waals surface area contributed by atoms with Crippen molar-refractivity contribution < 1.29 is 4.52 Å². The highest BCUT2D eigenvalue weighted by atomic mass is 32.2. The van der Waals surface area contributed by atoms with Crippen LogP contribution in [0.4, 0.5) is 0 Å². The summed E-state index contributed by atoms with van der Waals surface area (Å²) in [4.78, 5) is 24.0. The molecule has 3 heterocycles. The minimum absolute atomic E-state index is 0.0205. The first-order valence-corrected chi connectivity index (χ1v) is 10.9. The van der Waals surface area contributed by atoms with Crippen LogP contribution in [0.5, 0.6) is 0 Å². The monoisotopic (exact) mass is 412 g/mol. The third-order valence-electron chi connectivity index (χ3n) is 4.61. The van der Waals surface area contributed by atoms with E-state index < -0.39 is 0 Å². The Morgan fingerprint density at radius 3 is 2.71 bits per heavy atom. The molecule has 0 N–H and O–H groups in total. The number of fused-ring (bicyclic) bond motifs is 1.